The predicted molar refractivity (Wildman–Crippen MR) is 129 cm³/mol. The zero-order valence-electron chi connectivity index (χ0n) is 20.0. The summed E-state index contributed by atoms with van der Waals surface area (Å²) in [6.45, 7) is 4.23. The van der Waals surface area contributed by atoms with Gasteiger partial charge in [-0.15, -0.1) is 0 Å². The molecular formula is C28H30F3NO3. The molecular weight excluding hydrogens is 455 g/mol. The van der Waals surface area contributed by atoms with Crippen molar-refractivity contribution in [1.29, 1.82) is 0 Å². The Morgan fingerprint density at radius 3 is 2.20 bits per heavy atom. The van der Waals surface area contributed by atoms with E-state index < -0.39 is 11.7 Å². The number of unbranched alkanes of at least 4 members (excludes halogenated alkanes) is 3. The Bertz CT molecular complexity index is 1060. The molecule has 1 atom stereocenters. The lowest BCUT2D eigenvalue weighted by Crippen LogP contribution is -2.09. The van der Waals surface area contributed by atoms with Crippen molar-refractivity contribution in [3.8, 4) is 17.0 Å². The van der Waals surface area contributed by atoms with Gasteiger partial charge in [0.05, 0.1) is 23.4 Å². The Morgan fingerprint density at radius 1 is 0.914 bits per heavy atom. The fraction of sp³-hybridized carbons (Fsp3) is 0.357. The van der Waals surface area contributed by atoms with Gasteiger partial charge in [0.25, 0.3) is 0 Å². The van der Waals surface area contributed by atoms with Gasteiger partial charge in [0, 0.05) is 17.3 Å². The van der Waals surface area contributed by atoms with Crippen molar-refractivity contribution in [2.24, 2.45) is 0 Å². The SMILES string of the molecule is CCCCCCC(Oc1ccc(C(=O)OCC)cc1)c1ccc(-c2ccc(C(F)(F)F)cc2)nc1. The number of pyridine rings is 1. The van der Waals surface area contributed by atoms with E-state index in [1.54, 1.807) is 43.5 Å². The molecule has 35 heavy (non-hydrogen) atoms. The molecule has 0 fully saturated rings. The summed E-state index contributed by atoms with van der Waals surface area (Å²) in [7, 11) is 0. The van der Waals surface area contributed by atoms with Gasteiger partial charge in [0.1, 0.15) is 11.9 Å². The van der Waals surface area contributed by atoms with E-state index in [9.17, 15) is 18.0 Å². The monoisotopic (exact) mass is 485 g/mol. The highest BCUT2D eigenvalue weighted by Gasteiger charge is 2.30. The lowest BCUT2D eigenvalue weighted by Gasteiger charge is -2.20. The highest BCUT2D eigenvalue weighted by Crippen LogP contribution is 2.32. The molecule has 0 saturated heterocycles. The molecule has 0 bridgehead atoms. The minimum atomic E-state index is -4.37. The topological polar surface area (TPSA) is 48.4 Å². The van der Waals surface area contributed by atoms with Gasteiger partial charge in [-0.3, -0.25) is 4.98 Å². The first-order valence-electron chi connectivity index (χ1n) is 11.9. The van der Waals surface area contributed by atoms with Gasteiger partial charge in [-0.25, -0.2) is 4.79 Å². The minimum absolute atomic E-state index is 0.241. The van der Waals surface area contributed by atoms with E-state index in [1.165, 1.54) is 12.1 Å². The van der Waals surface area contributed by atoms with Crippen molar-refractivity contribution >= 4 is 5.97 Å². The zero-order chi connectivity index (χ0) is 25.3. The van der Waals surface area contributed by atoms with Gasteiger partial charge >= 0.3 is 12.1 Å². The molecule has 0 radical (unpaired) electrons. The molecule has 7 heteroatoms. The fourth-order valence-electron chi connectivity index (χ4n) is 3.69. The summed E-state index contributed by atoms with van der Waals surface area (Å²) >= 11 is 0. The van der Waals surface area contributed by atoms with Crippen LogP contribution < -0.4 is 4.74 Å². The number of ether oxygens (including phenoxy) is 2. The quantitative estimate of drug-likeness (QED) is 0.204. The van der Waals surface area contributed by atoms with Crippen LogP contribution in [0.3, 0.4) is 0 Å². The molecule has 0 aliphatic carbocycles. The molecule has 0 N–H and O–H groups in total. The summed E-state index contributed by atoms with van der Waals surface area (Å²) in [6.07, 6.45) is 2.25. The third-order valence-electron chi connectivity index (χ3n) is 5.63. The second-order valence-electron chi connectivity index (χ2n) is 8.25. The van der Waals surface area contributed by atoms with Crippen LogP contribution in [0.4, 0.5) is 13.2 Å². The van der Waals surface area contributed by atoms with Crippen LogP contribution in [0, 0.1) is 0 Å². The van der Waals surface area contributed by atoms with Crippen molar-refractivity contribution in [2.45, 2.75) is 58.2 Å². The highest BCUT2D eigenvalue weighted by atomic mass is 19.4. The highest BCUT2D eigenvalue weighted by molar-refractivity contribution is 5.89. The predicted octanol–water partition coefficient (Wildman–Crippen LogP) is 8.03. The van der Waals surface area contributed by atoms with Crippen LogP contribution in [0.25, 0.3) is 11.3 Å². The molecule has 0 amide bonds. The van der Waals surface area contributed by atoms with Crippen molar-refractivity contribution < 1.29 is 27.4 Å². The van der Waals surface area contributed by atoms with Gasteiger partial charge in [-0.2, -0.15) is 13.2 Å². The van der Waals surface area contributed by atoms with Crippen molar-refractivity contribution in [1.82, 2.24) is 4.98 Å². The third kappa shape index (κ3) is 7.57. The number of esters is 1. The van der Waals surface area contributed by atoms with Crippen LogP contribution >= 0.6 is 0 Å². The number of hydrogen-bond donors (Lipinski definition) is 0. The van der Waals surface area contributed by atoms with E-state index in [4.69, 9.17) is 9.47 Å². The van der Waals surface area contributed by atoms with E-state index in [0.29, 0.717) is 29.2 Å². The maximum absolute atomic E-state index is 12.8. The molecule has 4 nitrogen and oxygen atoms in total. The van der Waals surface area contributed by atoms with Crippen LogP contribution in [-0.4, -0.2) is 17.6 Å². The maximum atomic E-state index is 12.8. The fourth-order valence-corrected chi connectivity index (χ4v) is 3.69. The van der Waals surface area contributed by atoms with E-state index in [-0.39, 0.29) is 12.1 Å². The zero-order valence-corrected chi connectivity index (χ0v) is 20.0. The summed E-state index contributed by atoms with van der Waals surface area (Å²) in [6, 6.07) is 15.5. The number of carbonyl (C=O) groups excluding carboxylic acids is 1. The van der Waals surface area contributed by atoms with Crippen molar-refractivity contribution in [3.05, 3.63) is 83.6 Å². The van der Waals surface area contributed by atoms with Crippen LogP contribution in [0.1, 0.15) is 73.5 Å². The molecule has 186 valence electrons. The lowest BCUT2D eigenvalue weighted by atomic mass is 10.0. The molecule has 3 rings (SSSR count). The van der Waals surface area contributed by atoms with E-state index in [2.05, 4.69) is 11.9 Å². The summed E-state index contributed by atoms with van der Waals surface area (Å²) < 4.78 is 49.8. The lowest BCUT2D eigenvalue weighted by molar-refractivity contribution is -0.137. The molecule has 2 aromatic carbocycles. The largest absolute Gasteiger partial charge is 0.486 e. The molecule has 1 heterocycles. The minimum Gasteiger partial charge on any atom is -0.486 e. The summed E-state index contributed by atoms with van der Waals surface area (Å²) in [5, 5.41) is 0. The Balaban J connectivity index is 1.75. The van der Waals surface area contributed by atoms with Gasteiger partial charge in [-0.1, -0.05) is 44.4 Å². The van der Waals surface area contributed by atoms with Crippen LogP contribution in [0.15, 0.2) is 66.9 Å². The number of aromatic nitrogens is 1. The average molecular weight is 486 g/mol. The van der Waals surface area contributed by atoms with Crippen LogP contribution in [0.5, 0.6) is 5.75 Å². The normalized spacial score (nSPS) is 12.3. The maximum Gasteiger partial charge on any atom is 0.416 e. The molecule has 0 aliphatic heterocycles. The average Bonchev–Trinajstić information content (AvgIpc) is 2.86. The first-order chi connectivity index (χ1) is 16.8. The summed E-state index contributed by atoms with van der Waals surface area (Å²) in [5.41, 5.74) is 1.85. The standard InChI is InChI=1S/C28H30F3NO3/c1-3-5-6-7-8-26(35-24-16-11-21(12-17-24)27(33)34-4-2)22-13-18-25(32-19-22)20-9-14-23(15-10-20)28(29,30)31/h9-19,26H,3-8H2,1-2H3. The molecule has 0 spiro atoms. The molecule has 1 aromatic heterocycles. The number of hydrogen-bond acceptors (Lipinski definition) is 4. The molecule has 0 saturated carbocycles. The molecule has 0 aliphatic rings. The second-order valence-corrected chi connectivity index (χ2v) is 8.25. The Hall–Kier alpha value is -3.35. The van der Waals surface area contributed by atoms with Crippen LogP contribution in [-0.2, 0) is 10.9 Å². The Kier molecular flexibility index (Phi) is 9.29. The first kappa shape index (κ1) is 26.3. The smallest absolute Gasteiger partial charge is 0.416 e. The summed E-state index contributed by atoms with van der Waals surface area (Å²) in [4.78, 5) is 16.4. The first-order valence-corrected chi connectivity index (χ1v) is 11.9. The van der Waals surface area contributed by atoms with E-state index in [0.717, 1.165) is 49.8 Å². The van der Waals surface area contributed by atoms with E-state index >= 15 is 0 Å². The number of nitrogens with zero attached hydrogens (tertiary/aromatic N) is 1. The third-order valence-corrected chi connectivity index (χ3v) is 5.63. The summed E-state index contributed by atoms with van der Waals surface area (Å²) in [5.74, 6) is 0.253. The number of alkyl halides is 3. The molecule has 3 aromatic rings. The second kappa shape index (κ2) is 12.4. The van der Waals surface area contributed by atoms with Gasteiger partial charge in [0.15, 0.2) is 0 Å². The van der Waals surface area contributed by atoms with Gasteiger partial charge < -0.3 is 9.47 Å². The number of carbonyl (C=O) groups is 1. The number of rotatable bonds is 11. The van der Waals surface area contributed by atoms with Crippen molar-refractivity contribution in [3.63, 3.8) is 0 Å². The Morgan fingerprint density at radius 2 is 1.63 bits per heavy atom. The van der Waals surface area contributed by atoms with Gasteiger partial charge in [0.2, 0.25) is 0 Å². The van der Waals surface area contributed by atoms with E-state index in [1.807, 2.05) is 6.07 Å². The van der Waals surface area contributed by atoms with Gasteiger partial charge in [-0.05, 0) is 62.2 Å². The Labute approximate surface area is 204 Å². The van der Waals surface area contributed by atoms with Crippen LogP contribution in [0.2, 0.25) is 0 Å². The number of halogens is 3. The number of benzene rings is 2. The molecule has 1 unspecified atom stereocenters. The van der Waals surface area contributed by atoms with Crippen molar-refractivity contribution in [2.75, 3.05) is 6.61 Å².